The van der Waals surface area contributed by atoms with E-state index >= 15 is 0 Å². The van der Waals surface area contributed by atoms with Crippen molar-refractivity contribution < 1.29 is 4.39 Å². The maximum atomic E-state index is 13.6. The molecule has 0 aliphatic carbocycles. The van der Waals surface area contributed by atoms with E-state index in [-0.39, 0.29) is 0 Å². The molecule has 1 heterocycles. The maximum absolute atomic E-state index is 13.6. The van der Waals surface area contributed by atoms with Gasteiger partial charge in [-0.05, 0) is 25.3 Å². The lowest BCUT2D eigenvalue weighted by molar-refractivity contribution is 0.324. The van der Waals surface area contributed by atoms with Crippen LogP contribution in [-0.4, -0.2) is 6.54 Å². The Morgan fingerprint density at radius 3 is 3.15 bits per heavy atom. The normalized spacial score (nSPS) is 21.5. The van der Waals surface area contributed by atoms with Crippen LogP contribution in [0.3, 0.4) is 0 Å². The lowest BCUT2D eigenvalue weighted by Crippen LogP contribution is -2.01. The van der Waals surface area contributed by atoms with Crippen molar-refractivity contribution in [1.82, 2.24) is 0 Å². The third-order valence-corrected chi connectivity index (χ3v) is 2.58. The summed E-state index contributed by atoms with van der Waals surface area (Å²) in [6.45, 7) is 2.90. The number of nitrogens with one attached hydrogen (secondary N) is 1. The van der Waals surface area contributed by atoms with Crippen LogP contribution in [0.25, 0.3) is 0 Å². The molecule has 13 heavy (non-hydrogen) atoms. The highest BCUT2D eigenvalue weighted by Crippen LogP contribution is 2.33. The molecule has 1 N–H and O–H groups in total. The van der Waals surface area contributed by atoms with Gasteiger partial charge in [-0.3, -0.25) is 0 Å². The van der Waals surface area contributed by atoms with Gasteiger partial charge >= 0.3 is 0 Å². The molecule has 0 saturated carbocycles. The summed E-state index contributed by atoms with van der Waals surface area (Å²) in [5.41, 5.74) is 2.98. The second-order valence-electron chi connectivity index (χ2n) is 3.58. The quantitative estimate of drug-likeness (QED) is 0.644. The summed E-state index contributed by atoms with van der Waals surface area (Å²) in [7, 11) is 0. The Hall–Kier alpha value is -1.05. The highest BCUT2D eigenvalue weighted by atomic mass is 19.1. The van der Waals surface area contributed by atoms with Crippen molar-refractivity contribution in [2.24, 2.45) is 0 Å². The number of alkyl halides is 1. The van der Waals surface area contributed by atoms with Gasteiger partial charge in [0.25, 0.3) is 0 Å². The zero-order valence-corrected chi connectivity index (χ0v) is 7.81. The summed E-state index contributed by atoms with van der Waals surface area (Å²) in [6.07, 6.45) is 0.767. The van der Waals surface area contributed by atoms with Gasteiger partial charge in [-0.25, -0.2) is 4.39 Å². The fraction of sp³-hybridized carbons (Fsp3) is 0.455. The van der Waals surface area contributed by atoms with Gasteiger partial charge in [0.05, 0.1) is 0 Å². The van der Waals surface area contributed by atoms with Crippen LogP contribution in [0, 0.1) is 6.92 Å². The van der Waals surface area contributed by atoms with E-state index in [4.69, 9.17) is 0 Å². The van der Waals surface area contributed by atoms with E-state index in [1.54, 1.807) is 0 Å². The average Bonchev–Trinajstić information content (AvgIpc) is 2.30. The van der Waals surface area contributed by atoms with Gasteiger partial charge in [-0.1, -0.05) is 18.2 Å². The van der Waals surface area contributed by atoms with E-state index in [1.165, 1.54) is 0 Å². The fourth-order valence-corrected chi connectivity index (χ4v) is 1.84. The third-order valence-electron chi connectivity index (χ3n) is 2.58. The molecule has 0 saturated heterocycles. The van der Waals surface area contributed by atoms with Crippen LogP contribution in [0.4, 0.5) is 10.1 Å². The third kappa shape index (κ3) is 1.53. The van der Waals surface area contributed by atoms with Crippen molar-refractivity contribution in [1.29, 1.82) is 0 Å². The van der Waals surface area contributed by atoms with Crippen LogP contribution in [0.1, 0.15) is 30.1 Å². The molecule has 70 valence electrons. The van der Waals surface area contributed by atoms with Gasteiger partial charge in [0, 0.05) is 17.8 Å². The highest BCUT2D eigenvalue weighted by Gasteiger charge is 2.17. The number of fused-ring (bicyclic) bond motifs is 1. The van der Waals surface area contributed by atoms with Crippen molar-refractivity contribution in [2.75, 3.05) is 11.9 Å². The van der Waals surface area contributed by atoms with Crippen LogP contribution in [0.2, 0.25) is 0 Å². The molecular formula is C11H14FN. The Labute approximate surface area is 78.0 Å². The Balaban J connectivity index is 2.47. The standard InChI is InChI=1S/C11H14FN/c1-8-4-2-5-9-10(12)6-3-7-13-11(8)9/h2,4-5,10,13H,3,6-7H2,1H3. The highest BCUT2D eigenvalue weighted by molar-refractivity contribution is 5.58. The first-order valence-electron chi connectivity index (χ1n) is 4.76. The van der Waals surface area contributed by atoms with E-state index < -0.39 is 6.17 Å². The SMILES string of the molecule is Cc1cccc2c1NCCCC2F. The summed E-state index contributed by atoms with van der Waals surface area (Å²) in [5, 5.41) is 3.28. The number of hydrogen-bond acceptors (Lipinski definition) is 1. The minimum absolute atomic E-state index is 0.642. The van der Waals surface area contributed by atoms with Gasteiger partial charge in [0.2, 0.25) is 0 Å². The number of benzene rings is 1. The minimum Gasteiger partial charge on any atom is -0.385 e. The predicted octanol–water partition coefficient (Wildman–Crippen LogP) is 3.21. The average molecular weight is 179 g/mol. The molecule has 1 aliphatic heterocycles. The van der Waals surface area contributed by atoms with Crippen LogP contribution in [0.5, 0.6) is 0 Å². The monoisotopic (exact) mass is 179 g/mol. The first-order valence-corrected chi connectivity index (χ1v) is 4.76. The smallest absolute Gasteiger partial charge is 0.127 e. The molecule has 1 atom stereocenters. The Bertz CT molecular complexity index is 309. The van der Waals surface area contributed by atoms with E-state index in [1.807, 2.05) is 25.1 Å². The van der Waals surface area contributed by atoms with Crippen molar-refractivity contribution in [3.05, 3.63) is 29.3 Å². The Kier molecular flexibility index (Phi) is 2.21. The first-order chi connectivity index (χ1) is 6.29. The van der Waals surface area contributed by atoms with Gasteiger partial charge < -0.3 is 5.32 Å². The Morgan fingerprint density at radius 2 is 2.31 bits per heavy atom. The summed E-state index contributed by atoms with van der Waals surface area (Å²) >= 11 is 0. The molecule has 0 bridgehead atoms. The number of anilines is 1. The number of rotatable bonds is 0. The van der Waals surface area contributed by atoms with E-state index in [9.17, 15) is 4.39 Å². The summed E-state index contributed by atoms with van der Waals surface area (Å²) in [5.74, 6) is 0. The zero-order chi connectivity index (χ0) is 9.26. The lowest BCUT2D eigenvalue weighted by atomic mass is 10.0. The molecule has 1 aromatic carbocycles. The van der Waals surface area contributed by atoms with Crippen LogP contribution in [-0.2, 0) is 0 Å². The molecule has 2 heteroatoms. The molecule has 0 aromatic heterocycles. The molecule has 0 fully saturated rings. The van der Waals surface area contributed by atoms with Crippen molar-refractivity contribution in [3.63, 3.8) is 0 Å². The second kappa shape index (κ2) is 3.36. The van der Waals surface area contributed by atoms with E-state index in [0.717, 1.165) is 29.8 Å². The lowest BCUT2D eigenvalue weighted by Gasteiger charge is -2.12. The van der Waals surface area contributed by atoms with Crippen molar-refractivity contribution in [3.8, 4) is 0 Å². The molecular weight excluding hydrogens is 165 g/mol. The second-order valence-corrected chi connectivity index (χ2v) is 3.58. The number of para-hydroxylation sites is 1. The van der Waals surface area contributed by atoms with Crippen LogP contribution < -0.4 is 5.32 Å². The zero-order valence-electron chi connectivity index (χ0n) is 7.81. The van der Waals surface area contributed by atoms with Crippen molar-refractivity contribution >= 4 is 5.69 Å². The summed E-state index contributed by atoms with van der Waals surface area (Å²) < 4.78 is 13.6. The van der Waals surface area contributed by atoms with Gasteiger partial charge in [-0.15, -0.1) is 0 Å². The molecule has 1 aromatic rings. The molecule has 1 unspecified atom stereocenters. The molecule has 1 nitrogen and oxygen atoms in total. The van der Waals surface area contributed by atoms with Gasteiger partial charge in [-0.2, -0.15) is 0 Å². The number of hydrogen-bond donors (Lipinski definition) is 1. The molecule has 1 aliphatic rings. The summed E-state index contributed by atoms with van der Waals surface area (Å²) in [6, 6.07) is 5.82. The first kappa shape index (κ1) is 8.54. The van der Waals surface area contributed by atoms with E-state index in [2.05, 4.69) is 5.32 Å². The van der Waals surface area contributed by atoms with E-state index in [0.29, 0.717) is 6.42 Å². The predicted molar refractivity (Wildman–Crippen MR) is 52.8 cm³/mol. The largest absolute Gasteiger partial charge is 0.385 e. The molecule has 0 amide bonds. The molecule has 2 rings (SSSR count). The Morgan fingerprint density at radius 1 is 1.46 bits per heavy atom. The molecule has 0 spiro atoms. The minimum atomic E-state index is -0.787. The number of aryl methyl sites for hydroxylation is 1. The van der Waals surface area contributed by atoms with Crippen molar-refractivity contribution in [2.45, 2.75) is 25.9 Å². The summed E-state index contributed by atoms with van der Waals surface area (Å²) in [4.78, 5) is 0. The molecule has 0 radical (unpaired) electrons. The van der Waals surface area contributed by atoms with Gasteiger partial charge in [0.1, 0.15) is 6.17 Å². The maximum Gasteiger partial charge on any atom is 0.127 e. The van der Waals surface area contributed by atoms with Crippen LogP contribution in [0.15, 0.2) is 18.2 Å². The van der Waals surface area contributed by atoms with Gasteiger partial charge in [0.15, 0.2) is 0 Å². The number of halogens is 1. The topological polar surface area (TPSA) is 12.0 Å². The fourth-order valence-electron chi connectivity index (χ4n) is 1.84. The van der Waals surface area contributed by atoms with Crippen LogP contribution >= 0.6 is 0 Å².